The van der Waals surface area contributed by atoms with Gasteiger partial charge < -0.3 is 30.1 Å². The van der Waals surface area contributed by atoms with Gasteiger partial charge in [0.2, 0.25) is 0 Å². The lowest BCUT2D eigenvalue weighted by atomic mass is 9.95. The monoisotopic (exact) mass is 375 g/mol. The van der Waals surface area contributed by atoms with Gasteiger partial charge in [-0.25, -0.2) is 15.0 Å². The van der Waals surface area contributed by atoms with E-state index in [-0.39, 0.29) is 6.61 Å². The SMILES string of the molecule is OC[C@H]1O[C@@H](n2cnc3c(NC4C[C@H]5C[C@@H]4[C@H]4O[C@@H]54)ncnc32)[C@H](O)[C@@H]1O. The van der Waals surface area contributed by atoms with Crippen molar-refractivity contribution in [2.75, 3.05) is 11.9 Å². The van der Waals surface area contributed by atoms with Crippen molar-refractivity contribution in [2.24, 2.45) is 11.8 Å². The van der Waals surface area contributed by atoms with Crippen molar-refractivity contribution in [3.8, 4) is 0 Å². The highest BCUT2D eigenvalue weighted by Gasteiger charge is 2.63. The van der Waals surface area contributed by atoms with Crippen molar-refractivity contribution >= 4 is 17.0 Å². The van der Waals surface area contributed by atoms with Crippen molar-refractivity contribution in [3.63, 3.8) is 0 Å². The molecule has 2 aliphatic carbocycles. The van der Waals surface area contributed by atoms with E-state index in [1.165, 1.54) is 19.1 Å². The molecular weight excluding hydrogens is 354 g/mol. The number of anilines is 1. The Labute approximate surface area is 154 Å². The maximum absolute atomic E-state index is 10.3. The Hall–Kier alpha value is -1.85. The van der Waals surface area contributed by atoms with Gasteiger partial charge >= 0.3 is 0 Å². The number of fused-ring (bicyclic) bond motifs is 6. The fourth-order valence-electron chi connectivity index (χ4n) is 5.20. The molecular formula is C17H21N5O5. The topological polar surface area (TPSA) is 138 Å². The van der Waals surface area contributed by atoms with Crippen molar-refractivity contribution in [3.05, 3.63) is 12.7 Å². The summed E-state index contributed by atoms with van der Waals surface area (Å²) in [5, 5.41) is 33.1. The molecule has 10 nitrogen and oxygen atoms in total. The van der Waals surface area contributed by atoms with Gasteiger partial charge in [0.05, 0.1) is 25.1 Å². The predicted molar refractivity (Wildman–Crippen MR) is 90.6 cm³/mol. The second-order valence-corrected chi connectivity index (χ2v) is 7.99. The van der Waals surface area contributed by atoms with E-state index >= 15 is 0 Å². The maximum atomic E-state index is 10.3. The average Bonchev–Trinajstić information content (AvgIpc) is 2.95. The molecule has 4 heterocycles. The molecule has 10 heteroatoms. The number of hydrogen-bond donors (Lipinski definition) is 4. The molecule has 2 aromatic rings. The molecule has 0 radical (unpaired) electrons. The van der Waals surface area contributed by atoms with Gasteiger partial charge in [0.1, 0.15) is 24.6 Å². The summed E-state index contributed by atoms with van der Waals surface area (Å²) < 4.78 is 12.9. The predicted octanol–water partition coefficient (Wildman–Crippen LogP) is -0.974. The normalized spacial score (nSPS) is 44.8. The summed E-state index contributed by atoms with van der Waals surface area (Å²) in [5.74, 6) is 1.82. The standard InChI is InChI=1S/C17H21N5O5/c23-3-9-11(24)12(25)17(26-9)22-5-20-10-15(18-4-19-16(10)22)21-8-2-6-1-7(8)14-13(6)27-14/h4-9,11-14,17,23-25H,1-3H2,(H,18,19,21)/t6-,7+,8?,9-,11-,12-,13+,14-,17-/m1/s1. The maximum Gasteiger partial charge on any atom is 0.167 e. The summed E-state index contributed by atoms with van der Waals surface area (Å²) in [7, 11) is 0. The van der Waals surface area contributed by atoms with Crippen molar-refractivity contribution in [1.29, 1.82) is 0 Å². The van der Waals surface area contributed by atoms with Crippen LogP contribution in [0.2, 0.25) is 0 Å². The van der Waals surface area contributed by atoms with Gasteiger partial charge in [0.15, 0.2) is 23.2 Å². The van der Waals surface area contributed by atoms with E-state index in [2.05, 4.69) is 20.3 Å². The molecule has 0 aromatic carbocycles. The van der Waals surface area contributed by atoms with Gasteiger partial charge in [0, 0.05) is 12.0 Å². The molecule has 27 heavy (non-hydrogen) atoms. The molecule has 0 spiro atoms. The average molecular weight is 375 g/mol. The van der Waals surface area contributed by atoms with Crippen LogP contribution in [-0.4, -0.2) is 78.0 Å². The van der Waals surface area contributed by atoms with Crippen molar-refractivity contribution in [1.82, 2.24) is 19.5 Å². The summed E-state index contributed by atoms with van der Waals surface area (Å²) in [6.07, 6.45) is 2.07. The first-order valence-electron chi connectivity index (χ1n) is 9.37. The lowest BCUT2D eigenvalue weighted by molar-refractivity contribution is -0.0511. The van der Waals surface area contributed by atoms with Crippen LogP contribution in [0.3, 0.4) is 0 Å². The van der Waals surface area contributed by atoms with E-state index in [9.17, 15) is 15.3 Å². The molecule has 4 fully saturated rings. The first kappa shape index (κ1) is 16.1. The highest BCUT2D eigenvalue weighted by atomic mass is 16.6. The van der Waals surface area contributed by atoms with Crippen LogP contribution in [0.15, 0.2) is 12.7 Å². The molecule has 2 saturated carbocycles. The number of nitrogens with zero attached hydrogens (tertiary/aromatic N) is 4. The van der Waals surface area contributed by atoms with Crippen LogP contribution in [0, 0.1) is 11.8 Å². The first-order chi connectivity index (χ1) is 13.2. The Morgan fingerprint density at radius 1 is 1.11 bits per heavy atom. The minimum Gasteiger partial charge on any atom is -0.394 e. The minimum atomic E-state index is -1.18. The fourth-order valence-corrected chi connectivity index (χ4v) is 5.20. The van der Waals surface area contributed by atoms with Gasteiger partial charge in [-0.1, -0.05) is 0 Å². The molecule has 9 atom stereocenters. The van der Waals surface area contributed by atoms with Crippen LogP contribution < -0.4 is 5.32 Å². The van der Waals surface area contributed by atoms with Gasteiger partial charge in [-0.3, -0.25) is 4.57 Å². The lowest BCUT2D eigenvalue weighted by Gasteiger charge is -2.21. The van der Waals surface area contributed by atoms with Crippen LogP contribution in [-0.2, 0) is 9.47 Å². The highest BCUT2D eigenvalue weighted by Crippen LogP contribution is 2.56. The van der Waals surface area contributed by atoms with Gasteiger partial charge in [-0.05, 0) is 18.8 Å². The van der Waals surface area contributed by atoms with E-state index in [4.69, 9.17) is 9.47 Å². The van der Waals surface area contributed by atoms with Crippen LogP contribution in [0.5, 0.6) is 0 Å². The summed E-state index contributed by atoms with van der Waals surface area (Å²) in [5.41, 5.74) is 1.09. The summed E-state index contributed by atoms with van der Waals surface area (Å²) in [6.45, 7) is -0.377. The van der Waals surface area contributed by atoms with E-state index in [1.807, 2.05) is 0 Å². The largest absolute Gasteiger partial charge is 0.394 e. The fraction of sp³-hybridized carbons (Fsp3) is 0.706. The second-order valence-electron chi connectivity index (χ2n) is 7.99. The Morgan fingerprint density at radius 3 is 2.74 bits per heavy atom. The van der Waals surface area contributed by atoms with E-state index in [1.54, 1.807) is 4.57 Å². The molecule has 2 aromatic heterocycles. The Kier molecular flexibility index (Phi) is 3.34. The number of aromatic nitrogens is 4. The second kappa shape index (κ2) is 5.58. The first-order valence-corrected chi connectivity index (χ1v) is 9.37. The third-order valence-electron chi connectivity index (χ3n) is 6.57. The molecule has 1 unspecified atom stereocenters. The third-order valence-corrected chi connectivity index (χ3v) is 6.57. The molecule has 4 N–H and O–H groups in total. The number of aliphatic hydroxyl groups excluding tert-OH is 3. The van der Waals surface area contributed by atoms with Crippen molar-refractivity contribution < 1.29 is 24.8 Å². The molecule has 2 saturated heterocycles. The zero-order valence-electron chi connectivity index (χ0n) is 14.4. The molecule has 2 bridgehead atoms. The Morgan fingerprint density at radius 2 is 2.00 bits per heavy atom. The molecule has 4 aliphatic rings. The lowest BCUT2D eigenvalue weighted by Crippen LogP contribution is -2.33. The van der Waals surface area contributed by atoms with Crippen LogP contribution in [0.25, 0.3) is 11.2 Å². The van der Waals surface area contributed by atoms with Gasteiger partial charge in [-0.15, -0.1) is 0 Å². The van der Waals surface area contributed by atoms with E-state index < -0.39 is 24.5 Å². The quantitative estimate of drug-likeness (QED) is 0.497. The van der Waals surface area contributed by atoms with Crippen LogP contribution in [0.4, 0.5) is 5.82 Å². The molecule has 6 rings (SSSR count). The summed E-state index contributed by atoms with van der Waals surface area (Å²) in [4.78, 5) is 13.1. The summed E-state index contributed by atoms with van der Waals surface area (Å²) in [6, 6.07) is 0.316. The molecule has 2 aliphatic heterocycles. The van der Waals surface area contributed by atoms with Gasteiger partial charge in [-0.2, -0.15) is 0 Å². The number of aliphatic hydroxyl groups is 3. The Balaban J connectivity index is 1.30. The van der Waals surface area contributed by atoms with Crippen LogP contribution in [0.1, 0.15) is 19.1 Å². The number of nitrogens with one attached hydrogen (secondary N) is 1. The number of epoxide rings is 1. The molecule has 144 valence electrons. The highest BCUT2D eigenvalue weighted by molar-refractivity contribution is 5.83. The molecule has 0 amide bonds. The number of ether oxygens (including phenoxy) is 2. The third kappa shape index (κ3) is 2.21. The summed E-state index contributed by atoms with van der Waals surface area (Å²) >= 11 is 0. The number of rotatable bonds is 4. The number of imidazole rings is 1. The number of hydrogen-bond acceptors (Lipinski definition) is 9. The smallest absolute Gasteiger partial charge is 0.167 e. The Bertz CT molecular complexity index is 892. The van der Waals surface area contributed by atoms with E-state index in [0.29, 0.717) is 47.1 Å². The van der Waals surface area contributed by atoms with E-state index in [0.717, 1.165) is 6.42 Å². The zero-order chi connectivity index (χ0) is 18.3. The van der Waals surface area contributed by atoms with Crippen LogP contribution >= 0.6 is 0 Å². The minimum absolute atomic E-state index is 0.316. The zero-order valence-corrected chi connectivity index (χ0v) is 14.4. The van der Waals surface area contributed by atoms with Crippen molar-refractivity contribution in [2.45, 2.75) is 55.6 Å². The van der Waals surface area contributed by atoms with Gasteiger partial charge in [0.25, 0.3) is 0 Å².